The van der Waals surface area contributed by atoms with Gasteiger partial charge in [0, 0.05) is 19.3 Å². The molecule has 0 unspecified atom stereocenters. The summed E-state index contributed by atoms with van der Waals surface area (Å²) in [6, 6.07) is 0.114. The number of hydrogen-bond acceptors (Lipinski definition) is 6. The summed E-state index contributed by atoms with van der Waals surface area (Å²) < 4.78 is 5.23. The summed E-state index contributed by atoms with van der Waals surface area (Å²) in [5, 5.41) is 14.1. The zero-order valence-electron chi connectivity index (χ0n) is 9.85. The molecule has 8 heteroatoms. The van der Waals surface area contributed by atoms with Crippen LogP contribution in [0.15, 0.2) is 0 Å². The van der Waals surface area contributed by atoms with Crippen molar-refractivity contribution < 1.29 is 9.66 Å². The van der Waals surface area contributed by atoms with Crippen molar-refractivity contribution in [2.75, 3.05) is 18.5 Å². The number of ether oxygens (including phenoxy) is 1. The van der Waals surface area contributed by atoms with Crippen LogP contribution >= 0.6 is 11.6 Å². The van der Waals surface area contributed by atoms with E-state index in [-0.39, 0.29) is 28.5 Å². The van der Waals surface area contributed by atoms with Crippen molar-refractivity contribution in [1.82, 2.24) is 9.97 Å². The fourth-order valence-electron chi connectivity index (χ4n) is 1.89. The first-order valence-electron chi connectivity index (χ1n) is 5.60. The lowest BCUT2D eigenvalue weighted by atomic mass is 10.1. The van der Waals surface area contributed by atoms with Crippen molar-refractivity contribution in [2.45, 2.75) is 25.8 Å². The van der Waals surface area contributed by atoms with E-state index in [1.54, 1.807) is 6.92 Å². The number of aromatic nitrogens is 2. The topological polar surface area (TPSA) is 90.2 Å². The standard InChI is InChI=1S/C10H13ClN4O3/c1-6-8(15(16)17)9(14-10(11)12-6)13-7-2-4-18-5-3-7/h7H,2-5H2,1H3,(H,12,13,14). The third-order valence-electron chi connectivity index (χ3n) is 2.78. The average Bonchev–Trinajstić information content (AvgIpc) is 2.28. The maximum Gasteiger partial charge on any atom is 0.332 e. The summed E-state index contributed by atoms with van der Waals surface area (Å²) in [6.07, 6.45) is 1.58. The van der Waals surface area contributed by atoms with Gasteiger partial charge in [-0.2, -0.15) is 4.98 Å². The Morgan fingerprint density at radius 1 is 1.44 bits per heavy atom. The van der Waals surface area contributed by atoms with Crippen LogP contribution < -0.4 is 5.32 Å². The van der Waals surface area contributed by atoms with Gasteiger partial charge in [-0.25, -0.2) is 4.98 Å². The second kappa shape index (κ2) is 5.45. The molecular weight excluding hydrogens is 260 g/mol. The van der Waals surface area contributed by atoms with Crippen LogP contribution in [0.1, 0.15) is 18.5 Å². The van der Waals surface area contributed by atoms with Gasteiger partial charge in [0.15, 0.2) is 0 Å². The van der Waals surface area contributed by atoms with Crippen molar-refractivity contribution in [3.05, 3.63) is 21.1 Å². The monoisotopic (exact) mass is 272 g/mol. The predicted octanol–water partition coefficient (Wildman–Crippen LogP) is 1.94. The number of nitrogens with one attached hydrogen (secondary N) is 1. The lowest BCUT2D eigenvalue weighted by Gasteiger charge is -2.23. The van der Waals surface area contributed by atoms with E-state index in [0.717, 1.165) is 12.8 Å². The molecule has 7 nitrogen and oxygen atoms in total. The van der Waals surface area contributed by atoms with E-state index >= 15 is 0 Å². The van der Waals surface area contributed by atoms with Gasteiger partial charge in [0.05, 0.1) is 4.92 Å². The highest BCUT2D eigenvalue weighted by Gasteiger charge is 2.24. The molecule has 0 radical (unpaired) electrons. The Bertz CT molecular complexity index is 463. The highest BCUT2D eigenvalue weighted by Crippen LogP contribution is 2.28. The molecule has 0 saturated carbocycles. The first-order chi connectivity index (χ1) is 8.58. The molecule has 98 valence electrons. The minimum Gasteiger partial charge on any atom is -0.381 e. The second-order valence-corrected chi connectivity index (χ2v) is 4.40. The Kier molecular flexibility index (Phi) is 3.93. The molecule has 0 spiro atoms. The molecule has 1 aliphatic heterocycles. The third kappa shape index (κ3) is 2.85. The molecule has 0 aliphatic carbocycles. The summed E-state index contributed by atoms with van der Waals surface area (Å²) in [5.74, 6) is 0.185. The highest BCUT2D eigenvalue weighted by molar-refractivity contribution is 6.28. The quantitative estimate of drug-likeness (QED) is 0.514. The number of anilines is 1. The lowest BCUT2D eigenvalue weighted by Crippen LogP contribution is -2.28. The number of hydrogen-bond donors (Lipinski definition) is 1. The van der Waals surface area contributed by atoms with E-state index in [4.69, 9.17) is 16.3 Å². The summed E-state index contributed by atoms with van der Waals surface area (Å²) >= 11 is 5.73. The van der Waals surface area contributed by atoms with Crippen LogP contribution in [-0.2, 0) is 4.74 Å². The van der Waals surface area contributed by atoms with Crippen LogP contribution in [0.3, 0.4) is 0 Å². The minimum absolute atomic E-state index is 0.00709. The zero-order valence-corrected chi connectivity index (χ0v) is 10.6. The van der Waals surface area contributed by atoms with Crippen LogP contribution in [0.4, 0.5) is 11.5 Å². The molecule has 0 aromatic carbocycles. The molecule has 0 atom stereocenters. The van der Waals surface area contributed by atoms with Crippen LogP contribution in [0.25, 0.3) is 0 Å². The number of rotatable bonds is 3. The van der Waals surface area contributed by atoms with E-state index in [1.807, 2.05) is 0 Å². The van der Waals surface area contributed by atoms with Gasteiger partial charge in [-0.15, -0.1) is 0 Å². The Morgan fingerprint density at radius 3 is 2.72 bits per heavy atom. The van der Waals surface area contributed by atoms with Crippen LogP contribution in [0, 0.1) is 17.0 Å². The Hall–Kier alpha value is -1.47. The molecule has 2 rings (SSSR count). The van der Waals surface area contributed by atoms with Crippen molar-refractivity contribution in [1.29, 1.82) is 0 Å². The van der Waals surface area contributed by atoms with E-state index in [9.17, 15) is 10.1 Å². The van der Waals surface area contributed by atoms with Gasteiger partial charge in [-0.1, -0.05) is 0 Å². The van der Waals surface area contributed by atoms with Gasteiger partial charge >= 0.3 is 5.69 Å². The van der Waals surface area contributed by atoms with Crippen molar-refractivity contribution in [3.8, 4) is 0 Å². The Morgan fingerprint density at radius 2 is 2.11 bits per heavy atom. The van der Waals surface area contributed by atoms with Gasteiger partial charge in [-0.05, 0) is 31.4 Å². The van der Waals surface area contributed by atoms with Crippen molar-refractivity contribution in [2.24, 2.45) is 0 Å². The fourth-order valence-corrected chi connectivity index (χ4v) is 2.10. The van der Waals surface area contributed by atoms with Gasteiger partial charge in [0.1, 0.15) is 5.69 Å². The van der Waals surface area contributed by atoms with E-state index in [0.29, 0.717) is 13.2 Å². The average molecular weight is 273 g/mol. The lowest BCUT2D eigenvalue weighted by molar-refractivity contribution is -0.385. The van der Waals surface area contributed by atoms with E-state index in [2.05, 4.69) is 15.3 Å². The normalized spacial score (nSPS) is 16.6. The molecular formula is C10H13ClN4O3. The van der Waals surface area contributed by atoms with Crippen LogP contribution in [-0.4, -0.2) is 34.1 Å². The maximum atomic E-state index is 11.0. The molecule has 1 N–H and O–H groups in total. The van der Waals surface area contributed by atoms with Crippen molar-refractivity contribution >= 4 is 23.1 Å². The Balaban J connectivity index is 2.27. The molecule has 2 heterocycles. The Labute approximate surface area is 109 Å². The van der Waals surface area contributed by atoms with Crippen LogP contribution in [0.2, 0.25) is 5.28 Å². The summed E-state index contributed by atoms with van der Waals surface area (Å²) in [7, 11) is 0. The maximum absolute atomic E-state index is 11.0. The number of aryl methyl sites for hydroxylation is 1. The van der Waals surface area contributed by atoms with Crippen molar-refractivity contribution in [3.63, 3.8) is 0 Å². The molecule has 1 aromatic rings. The molecule has 0 bridgehead atoms. The highest BCUT2D eigenvalue weighted by atomic mass is 35.5. The largest absolute Gasteiger partial charge is 0.381 e. The molecule has 0 amide bonds. The van der Waals surface area contributed by atoms with Crippen LogP contribution in [0.5, 0.6) is 0 Å². The molecule has 1 aromatic heterocycles. The molecule has 18 heavy (non-hydrogen) atoms. The van der Waals surface area contributed by atoms with Gasteiger partial charge in [-0.3, -0.25) is 10.1 Å². The third-order valence-corrected chi connectivity index (χ3v) is 2.94. The predicted molar refractivity (Wildman–Crippen MR) is 65.9 cm³/mol. The SMILES string of the molecule is Cc1nc(Cl)nc(NC2CCOCC2)c1[N+](=O)[O-]. The first kappa shape index (κ1) is 13.0. The smallest absolute Gasteiger partial charge is 0.332 e. The minimum atomic E-state index is -0.493. The summed E-state index contributed by atoms with van der Waals surface area (Å²) in [5.41, 5.74) is 0.139. The van der Waals surface area contributed by atoms with Gasteiger partial charge < -0.3 is 10.1 Å². The second-order valence-electron chi connectivity index (χ2n) is 4.06. The zero-order chi connectivity index (χ0) is 13.1. The number of halogens is 1. The summed E-state index contributed by atoms with van der Waals surface area (Å²) in [6.45, 7) is 2.83. The van der Waals surface area contributed by atoms with E-state index in [1.165, 1.54) is 0 Å². The molecule has 1 saturated heterocycles. The number of nitro groups is 1. The number of nitrogens with zero attached hydrogens (tertiary/aromatic N) is 3. The fraction of sp³-hybridized carbons (Fsp3) is 0.600. The van der Waals surface area contributed by atoms with Gasteiger partial charge in [0.25, 0.3) is 0 Å². The molecule has 1 aliphatic rings. The molecule has 1 fully saturated rings. The first-order valence-corrected chi connectivity index (χ1v) is 5.98. The van der Waals surface area contributed by atoms with Gasteiger partial charge in [0.2, 0.25) is 11.1 Å². The van der Waals surface area contributed by atoms with E-state index < -0.39 is 4.92 Å². The summed E-state index contributed by atoms with van der Waals surface area (Å²) in [4.78, 5) is 18.2.